The van der Waals surface area contributed by atoms with Crippen LogP contribution in [0.15, 0.2) is 30.3 Å². The Balaban J connectivity index is 1.71. The van der Waals surface area contributed by atoms with Crippen LogP contribution >= 0.6 is 0 Å². The first-order chi connectivity index (χ1) is 12.0. The molecule has 2 N–H and O–H groups in total. The van der Waals surface area contributed by atoms with Crippen LogP contribution in [-0.4, -0.2) is 42.9 Å². The number of hydrogen-bond donors (Lipinski definition) is 2. The number of amides is 2. The zero-order valence-electron chi connectivity index (χ0n) is 15.5. The molecule has 1 aromatic carbocycles. The van der Waals surface area contributed by atoms with Gasteiger partial charge < -0.3 is 15.5 Å². The third-order valence-corrected chi connectivity index (χ3v) is 4.82. The minimum Gasteiger partial charge on any atom is -0.356 e. The Morgan fingerprint density at radius 2 is 1.88 bits per heavy atom. The Morgan fingerprint density at radius 3 is 2.52 bits per heavy atom. The molecule has 1 heterocycles. The highest BCUT2D eigenvalue weighted by atomic mass is 16.2. The Hall–Kier alpha value is -1.88. The average Bonchev–Trinajstić information content (AvgIpc) is 2.60. The summed E-state index contributed by atoms with van der Waals surface area (Å²) in [5.41, 5.74) is 0.954. The Bertz CT molecular complexity index is 539. The van der Waals surface area contributed by atoms with E-state index in [2.05, 4.69) is 22.5 Å². The third-order valence-electron chi connectivity index (χ3n) is 4.82. The fourth-order valence-electron chi connectivity index (χ4n) is 3.26. The van der Waals surface area contributed by atoms with Crippen molar-refractivity contribution in [3.63, 3.8) is 0 Å². The van der Waals surface area contributed by atoms with Crippen LogP contribution in [0, 0.1) is 5.92 Å². The number of benzene rings is 1. The normalized spacial score (nSPS) is 17.0. The number of piperidine rings is 1. The molecule has 138 valence electrons. The summed E-state index contributed by atoms with van der Waals surface area (Å²) in [6.07, 6.45) is 3.80. The monoisotopic (exact) mass is 345 g/mol. The highest BCUT2D eigenvalue weighted by Crippen LogP contribution is 2.17. The van der Waals surface area contributed by atoms with Gasteiger partial charge in [0.15, 0.2) is 0 Å². The predicted molar refractivity (Wildman–Crippen MR) is 100 cm³/mol. The molecule has 1 saturated heterocycles. The summed E-state index contributed by atoms with van der Waals surface area (Å²) >= 11 is 0. The second-order valence-electron chi connectivity index (χ2n) is 7.10. The van der Waals surface area contributed by atoms with E-state index in [-0.39, 0.29) is 24.3 Å². The Labute approximate surface area is 151 Å². The maximum atomic E-state index is 12.2. The number of rotatable bonds is 8. The van der Waals surface area contributed by atoms with Gasteiger partial charge in [-0.15, -0.1) is 0 Å². The summed E-state index contributed by atoms with van der Waals surface area (Å²) in [5.74, 6) is 0.704. The molecule has 1 aliphatic rings. The maximum Gasteiger partial charge on any atom is 0.222 e. The minimum absolute atomic E-state index is 0.0186. The van der Waals surface area contributed by atoms with Crippen molar-refractivity contribution < 1.29 is 9.59 Å². The van der Waals surface area contributed by atoms with Gasteiger partial charge in [0.25, 0.3) is 0 Å². The van der Waals surface area contributed by atoms with Crippen molar-refractivity contribution >= 4 is 11.8 Å². The molecule has 0 spiro atoms. The minimum atomic E-state index is -0.276. The topological polar surface area (TPSA) is 61.4 Å². The maximum absolute atomic E-state index is 12.2. The summed E-state index contributed by atoms with van der Waals surface area (Å²) in [4.78, 5) is 26.1. The van der Waals surface area contributed by atoms with E-state index in [1.165, 1.54) is 32.9 Å². The SMILES string of the molecule is CC(=O)NC(CC(=O)NCCCN1CCC(C)CC1)c1ccccc1. The number of carbonyl (C=O) groups excluding carboxylic acids is 2. The van der Waals surface area contributed by atoms with Crippen LogP contribution in [0.5, 0.6) is 0 Å². The first-order valence-electron chi connectivity index (χ1n) is 9.35. The molecule has 0 aromatic heterocycles. The van der Waals surface area contributed by atoms with Gasteiger partial charge in [-0.2, -0.15) is 0 Å². The molecule has 5 nitrogen and oxygen atoms in total. The summed E-state index contributed by atoms with van der Waals surface area (Å²) in [5, 5.41) is 5.85. The van der Waals surface area contributed by atoms with E-state index in [9.17, 15) is 9.59 Å². The van der Waals surface area contributed by atoms with Crippen molar-refractivity contribution in [2.45, 2.75) is 45.6 Å². The van der Waals surface area contributed by atoms with E-state index in [0.717, 1.165) is 24.4 Å². The molecule has 0 radical (unpaired) electrons. The lowest BCUT2D eigenvalue weighted by molar-refractivity contribution is -0.122. The van der Waals surface area contributed by atoms with Crippen LogP contribution < -0.4 is 10.6 Å². The van der Waals surface area contributed by atoms with Crippen molar-refractivity contribution in [1.29, 1.82) is 0 Å². The quantitative estimate of drug-likeness (QED) is 0.712. The van der Waals surface area contributed by atoms with E-state index in [1.807, 2.05) is 30.3 Å². The van der Waals surface area contributed by atoms with Crippen LogP contribution in [0.1, 0.15) is 51.1 Å². The molecule has 1 atom stereocenters. The lowest BCUT2D eigenvalue weighted by atomic mass is 9.99. The number of nitrogens with zero attached hydrogens (tertiary/aromatic N) is 1. The Morgan fingerprint density at radius 1 is 1.20 bits per heavy atom. The van der Waals surface area contributed by atoms with Gasteiger partial charge in [-0.05, 0) is 50.4 Å². The molecule has 1 fully saturated rings. The third kappa shape index (κ3) is 7.26. The molecule has 5 heteroatoms. The molecule has 0 bridgehead atoms. The van der Waals surface area contributed by atoms with Gasteiger partial charge in [0, 0.05) is 13.5 Å². The second-order valence-corrected chi connectivity index (χ2v) is 7.10. The van der Waals surface area contributed by atoms with Crippen molar-refractivity contribution in [2.24, 2.45) is 5.92 Å². The van der Waals surface area contributed by atoms with Crippen LogP contribution in [0.2, 0.25) is 0 Å². The lowest BCUT2D eigenvalue weighted by Gasteiger charge is -2.30. The number of carbonyl (C=O) groups is 2. The highest BCUT2D eigenvalue weighted by Gasteiger charge is 2.17. The average molecular weight is 345 g/mol. The van der Waals surface area contributed by atoms with Gasteiger partial charge in [0.2, 0.25) is 11.8 Å². The largest absolute Gasteiger partial charge is 0.356 e. The van der Waals surface area contributed by atoms with Gasteiger partial charge in [-0.3, -0.25) is 9.59 Å². The fraction of sp³-hybridized carbons (Fsp3) is 0.600. The number of nitrogens with one attached hydrogen (secondary N) is 2. The van der Waals surface area contributed by atoms with Crippen LogP contribution in [-0.2, 0) is 9.59 Å². The molecule has 1 aromatic rings. The molecule has 2 amide bonds. The van der Waals surface area contributed by atoms with Crippen molar-refractivity contribution in [1.82, 2.24) is 15.5 Å². The number of hydrogen-bond acceptors (Lipinski definition) is 3. The predicted octanol–water partition coefficient (Wildman–Crippen LogP) is 2.49. The van der Waals surface area contributed by atoms with Crippen LogP contribution in [0.25, 0.3) is 0 Å². The standard InChI is InChI=1S/C20H31N3O2/c1-16-9-13-23(14-10-16)12-6-11-21-20(25)15-19(22-17(2)24)18-7-4-3-5-8-18/h3-5,7-8,16,19H,6,9-15H2,1-2H3,(H,21,25)(H,22,24). The van der Waals surface area contributed by atoms with Gasteiger partial charge in [-0.1, -0.05) is 37.3 Å². The van der Waals surface area contributed by atoms with E-state index in [4.69, 9.17) is 0 Å². The van der Waals surface area contributed by atoms with Gasteiger partial charge in [0.1, 0.15) is 0 Å². The van der Waals surface area contributed by atoms with Gasteiger partial charge in [-0.25, -0.2) is 0 Å². The highest BCUT2D eigenvalue weighted by molar-refractivity contribution is 5.79. The molecule has 1 unspecified atom stereocenters. The van der Waals surface area contributed by atoms with Gasteiger partial charge >= 0.3 is 0 Å². The van der Waals surface area contributed by atoms with Crippen molar-refractivity contribution in [2.75, 3.05) is 26.2 Å². The Kier molecular flexibility index (Phi) is 7.92. The molecule has 25 heavy (non-hydrogen) atoms. The number of likely N-dealkylation sites (tertiary alicyclic amines) is 1. The van der Waals surface area contributed by atoms with E-state index >= 15 is 0 Å². The smallest absolute Gasteiger partial charge is 0.222 e. The summed E-state index contributed by atoms with van der Waals surface area (Å²) in [6.45, 7) is 7.87. The van der Waals surface area contributed by atoms with Crippen LogP contribution in [0.3, 0.4) is 0 Å². The lowest BCUT2D eigenvalue weighted by Crippen LogP contribution is -2.36. The summed E-state index contributed by atoms with van der Waals surface area (Å²) in [6, 6.07) is 9.36. The van der Waals surface area contributed by atoms with Crippen LogP contribution in [0.4, 0.5) is 0 Å². The van der Waals surface area contributed by atoms with Crippen molar-refractivity contribution in [3.8, 4) is 0 Å². The van der Waals surface area contributed by atoms with Crippen molar-refractivity contribution in [3.05, 3.63) is 35.9 Å². The zero-order valence-corrected chi connectivity index (χ0v) is 15.5. The summed E-state index contributed by atoms with van der Waals surface area (Å²) in [7, 11) is 0. The molecular formula is C20H31N3O2. The zero-order chi connectivity index (χ0) is 18.1. The molecule has 1 aliphatic heterocycles. The molecular weight excluding hydrogens is 314 g/mol. The van der Waals surface area contributed by atoms with E-state index in [0.29, 0.717) is 6.54 Å². The first-order valence-corrected chi connectivity index (χ1v) is 9.35. The molecule has 0 aliphatic carbocycles. The molecule has 0 saturated carbocycles. The molecule has 2 rings (SSSR count). The van der Waals surface area contributed by atoms with Gasteiger partial charge in [0.05, 0.1) is 12.5 Å². The fourth-order valence-corrected chi connectivity index (χ4v) is 3.26. The first kappa shape index (κ1) is 19.4. The second kappa shape index (κ2) is 10.2. The summed E-state index contributed by atoms with van der Waals surface area (Å²) < 4.78 is 0. The van der Waals surface area contributed by atoms with E-state index < -0.39 is 0 Å². The van der Waals surface area contributed by atoms with E-state index in [1.54, 1.807) is 0 Å².